The van der Waals surface area contributed by atoms with Crippen LogP contribution >= 0.6 is 15.9 Å². The lowest BCUT2D eigenvalue weighted by Crippen LogP contribution is -2.08. The van der Waals surface area contributed by atoms with Crippen LogP contribution in [0.1, 0.15) is 5.56 Å². The Kier molecular flexibility index (Phi) is 3.91. The van der Waals surface area contributed by atoms with Gasteiger partial charge in [-0.15, -0.1) is 0 Å². The molecule has 0 saturated carbocycles. The van der Waals surface area contributed by atoms with Crippen molar-refractivity contribution in [3.05, 3.63) is 58.3 Å². The Morgan fingerprint density at radius 2 is 1.74 bits per heavy atom. The van der Waals surface area contributed by atoms with Crippen molar-refractivity contribution in [2.75, 3.05) is 5.73 Å². The third kappa shape index (κ3) is 3.33. The predicted molar refractivity (Wildman–Crippen MR) is 75.8 cm³/mol. The maximum atomic E-state index is 13.1. The summed E-state index contributed by atoms with van der Waals surface area (Å²) in [7, 11) is -3.66. The van der Waals surface area contributed by atoms with Gasteiger partial charge in [0.05, 0.1) is 16.3 Å². The van der Waals surface area contributed by atoms with E-state index in [2.05, 4.69) is 15.9 Å². The molecule has 0 aliphatic carbocycles. The van der Waals surface area contributed by atoms with E-state index < -0.39 is 15.7 Å². The van der Waals surface area contributed by atoms with Crippen molar-refractivity contribution in [1.82, 2.24) is 0 Å². The van der Waals surface area contributed by atoms with Gasteiger partial charge in [0.1, 0.15) is 5.82 Å². The van der Waals surface area contributed by atoms with Gasteiger partial charge in [-0.1, -0.05) is 28.1 Å². The molecule has 0 aliphatic rings. The lowest BCUT2D eigenvalue weighted by molar-refractivity contribution is 0.590. The highest BCUT2D eigenvalue weighted by Gasteiger charge is 2.19. The Morgan fingerprint density at radius 1 is 1.11 bits per heavy atom. The van der Waals surface area contributed by atoms with E-state index in [9.17, 15) is 12.8 Å². The minimum absolute atomic E-state index is 0.0542. The van der Waals surface area contributed by atoms with Crippen molar-refractivity contribution in [2.45, 2.75) is 10.6 Å². The van der Waals surface area contributed by atoms with Gasteiger partial charge >= 0.3 is 0 Å². The van der Waals surface area contributed by atoms with Crippen molar-refractivity contribution in [3.8, 4) is 0 Å². The Hall–Kier alpha value is -1.40. The van der Waals surface area contributed by atoms with Crippen LogP contribution in [0.4, 0.5) is 10.1 Å². The summed E-state index contributed by atoms with van der Waals surface area (Å²) in [6.45, 7) is 0. The molecule has 0 heterocycles. The van der Waals surface area contributed by atoms with Crippen LogP contribution in [0.25, 0.3) is 0 Å². The first-order valence-corrected chi connectivity index (χ1v) is 7.85. The van der Waals surface area contributed by atoms with Crippen molar-refractivity contribution in [3.63, 3.8) is 0 Å². The zero-order valence-corrected chi connectivity index (χ0v) is 12.2. The molecular weight excluding hydrogens is 333 g/mol. The van der Waals surface area contributed by atoms with Gasteiger partial charge in [0.25, 0.3) is 0 Å². The number of hydrogen-bond acceptors (Lipinski definition) is 3. The first-order valence-electron chi connectivity index (χ1n) is 5.41. The summed E-state index contributed by atoms with van der Waals surface area (Å²) in [5.74, 6) is -0.836. The summed E-state index contributed by atoms with van der Waals surface area (Å²) in [6, 6.07) is 10.2. The monoisotopic (exact) mass is 343 g/mol. The number of anilines is 1. The van der Waals surface area contributed by atoms with E-state index in [1.165, 1.54) is 6.07 Å². The molecule has 3 nitrogen and oxygen atoms in total. The van der Waals surface area contributed by atoms with E-state index in [1.54, 1.807) is 24.3 Å². The van der Waals surface area contributed by atoms with Gasteiger partial charge in [-0.2, -0.15) is 0 Å². The number of nitrogens with two attached hydrogens (primary N) is 1. The average Bonchev–Trinajstić information content (AvgIpc) is 2.35. The maximum Gasteiger partial charge on any atom is 0.184 e. The lowest BCUT2D eigenvalue weighted by Gasteiger charge is -2.08. The van der Waals surface area contributed by atoms with Gasteiger partial charge in [0.2, 0.25) is 0 Å². The standard InChI is InChI=1S/C13H11BrFNO2S/c14-10-3-1-9(2-4-10)8-19(17,18)13-7-11(15)5-6-12(13)16/h1-7H,8,16H2. The molecule has 100 valence electrons. The summed E-state index contributed by atoms with van der Waals surface area (Å²) in [5, 5.41) is 0. The minimum atomic E-state index is -3.66. The second-order valence-corrected chi connectivity index (χ2v) is 6.94. The first kappa shape index (κ1) is 14.0. The van der Waals surface area contributed by atoms with Crippen LogP contribution in [0, 0.1) is 5.82 Å². The molecule has 2 N–H and O–H groups in total. The molecule has 0 atom stereocenters. The van der Waals surface area contributed by atoms with Gasteiger partial charge < -0.3 is 5.73 Å². The molecule has 2 aromatic carbocycles. The van der Waals surface area contributed by atoms with E-state index in [4.69, 9.17) is 5.73 Å². The molecule has 19 heavy (non-hydrogen) atoms. The molecule has 2 aromatic rings. The number of sulfone groups is 1. The fourth-order valence-electron chi connectivity index (χ4n) is 1.66. The van der Waals surface area contributed by atoms with Gasteiger partial charge in [-0.25, -0.2) is 12.8 Å². The van der Waals surface area contributed by atoms with Gasteiger partial charge in [-0.05, 0) is 35.9 Å². The summed E-state index contributed by atoms with van der Waals surface area (Å²) in [5.41, 5.74) is 6.27. The fraction of sp³-hybridized carbons (Fsp3) is 0.0769. The Morgan fingerprint density at radius 3 is 2.37 bits per heavy atom. The summed E-state index contributed by atoms with van der Waals surface area (Å²) in [4.78, 5) is -0.171. The molecule has 2 rings (SSSR count). The molecule has 0 fully saturated rings. The minimum Gasteiger partial charge on any atom is -0.398 e. The third-order valence-electron chi connectivity index (χ3n) is 2.58. The molecule has 0 amide bonds. The SMILES string of the molecule is Nc1ccc(F)cc1S(=O)(=O)Cc1ccc(Br)cc1. The molecule has 0 saturated heterocycles. The molecule has 0 radical (unpaired) electrons. The second kappa shape index (κ2) is 5.30. The van der Waals surface area contributed by atoms with Crippen LogP contribution in [0.15, 0.2) is 51.8 Å². The molecule has 0 aliphatic heterocycles. The highest BCUT2D eigenvalue weighted by atomic mass is 79.9. The second-order valence-electron chi connectivity index (χ2n) is 4.07. The maximum absolute atomic E-state index is 13.1. The molecule has 0 spiro atoms. The van der Waals surface area contributed by atoms with Crippen LogP contribution in [0.5, 0.6) is 0 Å². The van der Waals surface area contributed by atoms with Crippen molar-refractivity contribution in [2.24, 2.45) is 0 Å². The van der Waals surface area contributed by atoms with Crippen molar-refractivity contribution >= 4 is 31.5 Å². The predicted octanol–water partition coefficient (Wildman–Crippen LogP) is 3.14. The highest BCUT2D eigenvalue weighted by Crippen LogP contribution is 2.24. The average molecular weight is 344 g/mol. The zero-order valence-electron chi connectivity index (χ0n) is 9.81. The summed E-state index contributed by atoms with van der Waals surface area (Å²) < 4.78 is 38.4. The van der Waals surface area contributed by atoms with E-state index >= 15 is 0 Å². The normalized spacial score (nSPS) is 11.5. The van der Waals surface area contributed by atoms with Crippen LogP contribution < -0.4 is 5.73 Å². The molecule has 0 unspecified atom stereocenters. The van der Waals surface area contributed by atoms with Crippen molar-refractivity contribution in [1.29, 1.82) is 0 Å². The van der Waals surface area contributed by atoms with Gasteiger partial charge in [0.15, 0.2) is 9.84 Å². The number of halogens is 2. The van der Waals surface area contributed by atoms with Crippen molar-refractivity contribution < 1.29 is 12.8 Å². The van der Waals surface area contributed by atoms with Crippen LogP contribution in [-0.4, -0.2) is 8.42 Å². The van der Waals surface area contributed by atoms with Gasteiger partial charge in [-0.3, -0.25) is 0 Å². The Labute approximate surface area is 119 Å². The third-order valence-corrected chi connectivity index (χ3v) is 4.85. The van der Waals surface area contributed by atoms with Crippen LogP contribution in [-0.2, 0) is 15.6 Å². The number of rotatable bonds is 3. The molecular formula is C13H11BrFNO2S. The molecule has 6 heteroatoms. The largest absolute Gasteiger partial charge is 0.398 e. The summed E-state index contributed by atoms with van der Waals surface area (Å²) >= 11 is 3.27. The van der Waals surface area contributed by atoms with Crippen LogP contribution in [0.3, 0.4) is 0 Å². The topological polar surface area (TPSA) is 60.2 Å². The smallest absolute Gasteiger partial charge is 0.184 e. The number of benzene rings is 2. The molecule has 0 bridgehead atoms. The van der Waals surface area contributed by atoms with E-state index in [-0.39, 0.29) is 16.3 Å². The highest BCUT2D eigenvalue weighted by molar-refractivity contribution is 9.10. The zero-order chi connectivity index (χ0) is 14.0. The quantitative estimate of drug-likeness (QED) is 0.871. The van der Waals surface area contributed by atoms with E-state index in [0.717, 1.165) is 16.6 Å². The summed E-state index contributed by atoms with van der Waals surface area (Å²) in [6.07, 6.45) is 0. The number of nitrogen functional groups attached to an aromatic ring is 1. The van der Waals surface area contributed by atoms with Crippen LogP contribution in [0.2, 0.25) is 0 Å². The first-order chi connectivity index (χ1) is 8.88. The number of hydrogen-bond donors (Lipinski definition) is 1. The van der Waals surface area contributed by atoms with E-state index in [1.807, 2.05) is 0 Å². The Bertz CT molecular complexity index is 699. The fourth-order valence-corrected chi connectivity index (χ4v) is 3.43. The lowest BCUT2D eigenvalue weighted by atomic mass is 10.2. The Balaban J connectivity index is 2.37. The van der Waals surface area contributed by atoms with Gasteiger partial charge in [0, 0.05) is 4.47 Å². The molecule has 0 aromatic heterocycles. The van der Waals surface area contributed by atoms with E-state index in [0.29, 0.717) is 5.56 Å².